The molecule has 1 saturated carbocycles. The summed E-state index contributed by atoms with van der Waals surface area (Å²) in [5.41, 5.74) is 2.71. The summed E-state index contributed by atoms with van der Waals surface area (Å²) >= 11 is 1.23. The van der Waals surface area contributed by atoms with Gasteiger partial charge in [0.15, 0.2) is 0 Å². The molecule has 4 rings (SSSR count). The van der Waals surface area contributed by atoms with Crippen molar-refractivity contribution in [3.63, 3.8) is 0 Å². The summed E-state index contributed by atoms with van der Waals surface area (Å²) in [6.07, 6.45) is 3.95. The zero-order valence-corrected chi connectivity index (χ0v) is 14.4. The minimum absolute atomic E-state index is 0.102. The van der Waals surface area contributed by atoms with Crippen molar-refractivity contribution in [2.24, 2.45) is 17.7 Å². The van der Waals surface area contributed by atoms with Crippen molar-refractivity contribution in [3.8, 4) is 0 Å². The van der Waals surface area contributed by atoms with Crippen LogP contribution in [0.4, 0.5) is 0 Å². The van der Waals surface area contributed by atoms with E-state index in [4.69, 9.17) is 5.84 Å². The van der Waals surface area contributed by atoms with E-state index in [2.05, 4.69) is 24.3 Å². The average molecular weight is 348 g/mol. The fourth-order valence-corrected chi connectivity index (χ4v) is 6.69. The molecule has 0 radical (unpaired) electrons. The van der Waals surface area contributed by atoms with E-state index < -0.39 is 10.0 Å². The van der Waals surface area contributed by atoms with E-state index in [1.54, 1.807) is 17.5 Å². The molecule has 6 heteroatoms. The second-order valence-corrected chi connectivity index (χ2v) is 9.55. The maximum Gasteiger partial charge on any atom is 0.265 e. The van der Waals surface area contributed by atoms with Crippen LogP contribution in [0.1, 0.15) is 24.0 Å². The van der Waals surface area contributed by atoms with Gasteiger partial charge in [0.2, 0.25) is 0 Å². The molecule has 4 nitrogen and oxygen atoms in total. The molecule has 122 valence electrons. The molecular formula is C17H20N2O2S2. The fraction of sp³-hybridized carbons (Fsp3) is 0.412. The highest BCUT2D eigenvalue weighted by atomic mass is 32.2. The lowest BCUT2D eigenvalue weighted by Crippen LogP contribution is -2.50. The lowest BCUT2D eigenvalue weighted by atomic mass is 9.94. The number of nitrogens with two attached hydrogens (primary N) is 1. The van der Waals surface area contributed by atoms with Crippen LogP contribution in [0.25, 0.3) is 0 Å². The summed E-state index contributed by atoms with van der Waals surface area (Å²) in [6, 6.07) is 11.7. The zero-order valence-electron chi connectivity index (χ0n) is 12.8. The summed E-state index contributed by atoms with van der Waals surface area (Å²) < 4.78 is 27.1. The second-order valence-electron chi connectivity index (χ2n) is 6.53. The smallest absolute Gasteiger partial charge is 0.254 e. The van der Waals surface area contributed by atoms with Gasteiger partial charge in [-0.25, -0.2) is 8.42 Å². The van der Waals surface area contributed by atoms with Crippen LogP contribution in [0.15, 0.2) is 46.0 Å². The Kier molecular flexibility index (Phi) is 3.80. The molecule has 2 aromatic rings. The molecule has 23 heavy (non-hydrogen) atoms. The Morgan fingerprint density at radius 1 is 1.00 bits per heavy atom. The Morgan fingerprint density at radius 3 is 2.13 bits per heavy atom. The fourth-order valence-electron chi connectivity index (χ4n) is 4.21. The van der Waals surface area contributed by atoms with Gasteiger partial charge in [0.1, 0.15) is 4.21 Å². The lowest BCUT2D eigenvalue weighted by molar-refractivity contribution is 0.224. The number of sulfonamides is 1. The number of rotatable bonds is 3. The van der Waals surface area contributed by atoms with Crippen molar-refractivity contribution in [2.45, 2.75) is 35.9 Å². The van der Waals surface area contributed by atoms with Gasteiger partial charge < -0.3 is 0 Å². The first-order valence-corrected chi connectivity index (χ1v) is 10.3. The Balaban J connectivity index is 1.68. The number of hydrogen-bond donors (Lipinski definition) is 1. The highest BCUT2D eigenvalue weighted by molar-refractivity contribution is 7.91. The lowest BCUT2D eigenvalue weighted by Gasteiger charge is -2.30. The van der Waals surface area contributed by atoms with Gasteiger partial charge in [0, 0.05) is 6.04 Å². The first kappa shape index (κ1) is 15.3. The molecule has 2 aliphatic rings. The van der Waals surface area contributed by atoms with Crippen molar-refractivity contribution in [2.75, 3.05) is 0 Å². The van der Waals surface area contributed by atoms with E-state index in [0.717, 1.165) is 25.7 Å². The first-order chi connectivity index (χ1) is 11.1. The Bertz CT molecular complexity index is 769. The van der Waals surface area contributed by atoms with E-state index in [9.17, 15) is 8.42 Å². The minimum atomic E-state index is -3.60. The topological polar surface area (TPSA) is 63.4 Å². The standard InChI is InChI=1S/C17H20N2O2S2/c18-19(23(20,21)16-6-3-9-22-16)17-14-7-8-15(17)11-13-5-2-1-4-12(13)10-14/h1-6,9,14-15,17H,7-8,10-11,18H2/t14-,15+,17+. The quantitative estimate of drug-likeness (QED) is 0.685. The van der Waals surface area contributed by atoms with Gasteiger partial charge in [-0.15, -0.1) is 15.8 Å². The van der Waals surface area contributed by atoms with Crippen molar-refractivity contribution in [3.05, 3.63) is 52.9 Å². The number of benzene rings is 1. The van der Waals surface area contributed by atoms with E-state index in [1.807, 2.05) is 0 Å². The number of hydrogen-bond acceptors (Lipinski definition) is 4. The normalized spacial score (nSPS) is 27.0. The van der Waals surface area contributed by atoms with E-state index in [1.165, 1.54) is 26.9 Å². The van der Waals surface area contributed by atoms with Gasteiger partial charge in [-0.05, 0) is 60.1 Å². The van der Waals surface area contributed by atoms with Gasteiger partial charge >= 0.3 is 0 Å². The monoisotopic (exact) mass is 348 g/mol. The van der Waals surface area contributed by atoms with Crippen molar-refractivity contribution in [1.29, 1.82) is 0 Å². The molecule has 2 aliphatic carbocycles. The largest absolute Gasteiger partial charge is 0.265 e. The number of fused-ring (bicyclic) bond motifs is 3. The maximum atomic E-state index is 12.8. The van der Waals surface area contributed by atoms with Crippen molar-refractivity contribution < 1.29 is 8.42 Å². The number of thiophene rings is 1. The first-order valence-electron chi connectivity index (χ1n) is 7.97. The van der Waals surface area contributed by atoms with E-state index in [0.29, 0.717) is 16.0 Å². The Morgan fingerprint density at radius 2 is 1.61 bits per heavy atom. The summed E-state index contributed by atoms with van der Waals surface area (Å²) in [6.45, 7) is 0. The van der Waals surface area contributed by atoms with E-state index >= 15 is 0 Å². The SMILES string of the molecule is NN([C@H]1[C@@H]2CC[C@H]1Cc1ccccc1C2)S(=O)(=O)c1cccs1. The molecule has 1 fully saturated rings. The van der Waals surface area contributed by atoms with Gasteiger partial charge in [-0.3, -0.25) is 5.84 Å². The molecule has 1 heterocycles. The molecule has 3 atom stereocenters. The van der Waals surface area contributed by atoms with Crippen LogP contribution < -0.4 is 5.84 Å². The third kappa shape index (κ3) is 2.54. The van der Waals surface area contributed by atoms with Crippen molar-refractivity contribution in [1.82, 2.24) is 4.41 Å². The van der Waals surface area contributed by atoms with E-state index in [-0.39, 0.29) is 6.04 Å². The maximum absolute atomic E-state index is 12.8. The molecule has 1 aromatic heterocycles. The predicted molar refractivity (Wildman–Crippen MR) is 91.4 cm³/mol. The number of hydrazine groups is 1. The summed E-state index contributed by atoms with van der Waals surface area (Å²) in [5, 5.41) is 1.78. The summed E-state index contributed by atoms with van der Waals surface area (Å²) in [4.78, 5) is 0. The van der Waals surface area contributed by atoms with Gasteiger partial charge in [-0.1, -0.05) is 30.3 Å². The Labute approximate surface area is 141 Å². The molecule has 0 spiro atoms. The van der Waals surface area contributed by atoms with Gasteiger partial charge in [0.25, 0.3) is 10.0 Å². The molecule has 0 saturated heterocycles. The second kappa shape index (κ2) is 5.70. The minimum Gasteiger partial charge on any atom is -0.254 e. The number of nitrogens with zero attached hydrogens (tertiary/aromatic N) is 1. The van der Waals surface area contributed by atoms with Crippen molar-refractivity contribution >= 4 is 21.4 Å². The van der Waals surface area contributed by atoms with Gasteiger partial charge in [-0.2, -0.15) is 0 Å². The molecule has 2 N–H and O–H groups in total. The summed E-state index contributed by atoms with van der Waals surface area (Å²) in [5.74, 6) is 6.81. The van der Waals surface area contributed by atoms with Crippen LogP contribution in [-0.4, -0.2) is 18.9 Å². The molecular weight excluding hydrogens is 328 g/mol. The predicted octanol–water partition coefficient (Wildman–Crippen LogP) is 2.81. The highest BCUT2D eigenvalue weighted by Gasteiger charge is 2.45. The third-order valence-corrected chi connectivity index (χ3v) is 8.30. The van der Waals surface area contributed by atoms with Crippen LogP contribution in [-0.2, 0) is 22.9 Å². The van der Waals surface area contributed by atoms with Crippen LogP contribution in [0.3, 0.4) is 0 Å². The molecule has 0 amide bonds. The average Bonchev–Trinajstić information content (AvgIpc) is 3.14. The van der Waals surface area contributed by atoms with Crippen LogP contribution in [0.5, 0.6) is 0 Å². The van der Waals surface area contributed by atoms with Crippen LogP contribution in [0, 0.1) is 11.8 Å². The zero-order chi connectivity index (χ0) is 16.0. The Hall–Kier alpha value is -1.21. The third-order valence-electron chi connectivity index (χ3n) is 5.28. The highest BCUT2D eigenvalue weighted by Crippen LogP contribution is 2.43. The molecule has 0 unspecified atom stereocenters. The molecule has 2 bridgehead atoms. The van der Waals surface area contributed by atoms with Gasteiger partial charge in [0.05, 0.1) is 0 Å². The molecule has 0 aliphatic heterocycles. The molecule has 1 aromatic carbocycles. The summed E-state index contributed by atoms with van der Waals surface area (Å²) in [7, 11) is -3.60. The van der Waals surface area contributed by atoms with Crippen LogP contribution in [0.2, 0.25) is 0 Å². The van der Waals surface area contributed by atoms with Crippen LogP contribution >= 0.6 is 11.3 Å².